The number of amides is 1. The Labute approximate surface area is 147 Å². The molecule has 1 unspecified atom stereocenters. The van der Waals surface area contributed by atoms with Crippen LogP contribution in [0.25, 0.3) is 5.69 Å². The molecule has 5 nitrogen and oxygen atoms in total. The number of benzene rings is 1. The number of carbonyl (C=O) groups is 1. The number of carbonyl (C=O) groups excluding carboxylic acids is 1. The Morgan fingerprint density at radius 3 is 2.52 bits per heavy atom. The molecule has 0 spiro atoms. The van der Waals surface area contributed by atoms with Crippen molar-refractivity contribution in [1.29, 1.82) is 0 Å². The van der Waals surface area contributed by atoms with E-state index < -0.39 is 0 Å². The Hall–Kier alpha value is -2.21. The van der Waals surface area contributed by atoms with Gasteiger partial charge in [-0.3, -0.25) is 4.79 Å². The molecule has 0 aliphatic carbocycles. The lowest BCUT2D eigenvalue weighted by molar-refractivity contribution is 0.0531. The fourth-order valence-electron chi connectivity index (χ4n) is 3.49. The molecular weight excluding hydrogens is 319 g/mol. The molecule has 1 saturated heterocycles. The van der Waals surface area contributed by atoms with E-state index in [9.17, 15) is 9.18 Å². The van der Waals surface area contributed by atoms with E-state index >= 15 is 0 Å². The minimum atomic E-state index is -0.298. The molecule has 25 heavy (non-hydrogen) atoms. The summed E-state index contributed by atoms with van der Waals surface area (Å²) < 4.78 is 14.9. The first-order chi connectivity index (χ1) is 11.7. The predicted molar refractivity (Wildman–Crippen MR) is 95.3 cm³/mol. The van der Waals surface area contributed by atoms with Crippen molar-refractivity contribution >= 4 is 5.91 Å². The van der Waals surface area contributed by atoms with Crippen LogP contribution >= 0.6 is 0 Å². The number of aromatic nitrogens is 2. The highest BCUT2D eigenvalue weighted by Gasteiger charge is 2.36. The maximum Gasteiger partial charge on any atom is 0.257 e. The van der Waals surface area contributed by atoms with Crippen LogP contribution in [0.1, 0.15) is 42.0 Å². The highest BCUT2D eigenvalue weighted by molar-refractivity contribution is 5.96. The Bertz CT molecular complexity index is 795. The van der Waals surface area contributed by atoms with Gasteiger partial charge in [0.2, 0.25) is 0 Å². The quantitative estimate of drug-likeness (QED) is 0.911. The molecule has 1 aromatic heterocycles. The second-order valence-electron chi connectivity index (χ2n) is 7.54. The fraction of sp³-hybridized carbons (Fsp3) is 0.474. The average molecular weight is 344 g/mol. The van der Waals surface area contributed by atoms with Crippen molar-refractivity contribution in [2.75, 3.05) is 13.1 Å². The summed E-state index contributed by atoms with van der Waals surface area (Å²) in [6, 6.07) is 6.20. The number of likely N-dealkylation sites (tertiary alicyclic amines) is 1. The van der Waals surface area contributed by atoms with Crippen LogP contribution in [0, 0.1) is 25.1 Å². The monoisotopic (exact) mass is 344 g/mol. The molecule has 2 N–H and O–H groups in total. The van der Waals surface area contributed by atoms with Crippen molar-refractivity contribution in [2.24, 2.45) is 11.1 Å². The summed E-state index contributed by atoms with van der Waals surface area (Å²) in [6.07, 6.45) is 0.795. The maximum atomic E-state index is 13.2. The van der Waals surface area contributed by atoms with Gasteiger partial charge in [0.05, 0.1) is 22.6 Å². The van der Waals surface area contributed by atoms with Crippen molar-refractivity contribution < 1.29 is 9.18 Å². The third-order valence-corrected chi connectivity index (χ3v) is 5.18. The molecule has 0 saturated carbocycles. The van der Waals surface area contributed by atoms with E-state index in [-0.39, 0.29) is 23.2 Å². The number of halogens is 1. The minimum Gasteiger partial charge on any atom is -0.338 e. The van der Waals surface area contributed by atoms with Gasteiger partial charge in [0, 0.05) is 19.1 Å². The van der Waals surface area contributed by atoms with Gasteiger partial charge in [0.25, 0.3) is 5.91 Å². The van der Waals surface area contributed by atoms with E-state index in [1.807, 2.05) is 18.7 Å². The van der Waals surface area contributed by atoms with Crippen molar-refractivity contribution in [3.05, 3.63) is 47.0 Å². The average Bonchev–Trinajstić information content (AvgIpc) is 2.85. The van der Waals surface area contributed by atoms with E-state index in [1.165, 1.54) is 12.1 Å². The second-order valence-corrected chi connectivity index (χ2v) is 7.54. The van der Waals surface area contributed by atoms with E-state index in [1.54, 1.807) is 16.8 Å². The molecule has 1 aliphatic rings. The highest BCUT2D eigenvalue weighted by Crippen LogP contribution is 2.29. The zero-order chi connectivity index (χ0) is 18.4. The van der Waals surface area contributed by atoms with Crippen LogP contribution in [0.15, 0.2) is 24.3 Å². The van der Waals surface area contributed by atoms with Crippen LogP contribution in [-0.4, -0.2) is 39.7 Å². The molecule has 1 atom stereocenters. The molecule has 1 amide bonds. The Morgan fingerprint density at radius 2 is 1.92 bits per heavy atom. The summed E-state index contributed by atoms with van der Waals surface area (Å²) >= 11 is 0. The van der Waals surface area contributed by atoms with Crippen molar-refractivity contribution in [3.8, 4) is 5.69 Å². The number of piperidine rings is 1. The molecule has 2 heterocycles. The first kappa shape index (κ1) is 17.6. The summed E-state index contributed by atoms with van der Waals surface area (Å²) in [5, 5.41) is 4.50. The van der Waals surface area contributed by atoms with E-state index in [0.29, 0.717) is 24.3 Å². The predicted octanol–water partition coefficient (Wildman–Crippen LogP) is 2.83. The van der Waals surface area contributed by atoms with Crippen LogP contribution in [0.5, 0.6) is 0 Å². The summed E-state index contributed by atoms with van der Waals surface area (Å²) in [7, 11) is 0. The normalized spacial score (nSPS) is 19.9. The summed E-state index contributed by atoms with van der Waals surface area (Å²) in [6.45, 7) is 9.19. The van der Waals surface area contributed by atoms with Crippen LogP contribution < -0.4 is 5.73 Å². The molecule has 3 rings (SSSR count). The minimum absolute atomic E-state index is 0.0108. The largest absolute Gasteiger partial charge is 0.338 e. The van der Waals surface area contributed by atoms with Gasteiger partial charge in [-0.25, -0.2) is 9.07 Å². The molecule has 1 aromatic carbocycles. The number of aryl methyl sites for hydroxylation is 1. The van der Waals surface area contributed by atoms with Gasteiger partial charge in [-0.2, -0.15) is 5.10 Å². The maximum absolute atomic E-state index is 13.2. The van der Waals surface area contributed by atoms with E-state index in [2.05, 4.69) is 18.9 Å². The Morgan fingerprint density at radius 1 is 1.28 bits per heavy atom. The van der Waals surface area contributed by atoms with Gasteiger partial charge in [-0.1, -0.05) is 13.8 Å². The van der Waals surface area contributed by atoms with E-state index in [0.717, 1.165) is 17.8 Å². The first-order valence-corrected chi connectivity index (χ1v) is 8.58. The third kappa shape index (κ3) is 3.18. The van der Waals surface area contributed by atoms with Gasteiger partial charge in [0.1, 0.15) is 5.82 Å². The van der Waals surface area contributed by atoms with Gasteiger partial charge in [0.15, 0.2) is 0 Å². The van der Waals surface area contributed by atoms with Crippen LogP contribution in [0.4, 0.5) is 4.39 Å². The molecule has 1 fully saturated rings. The van der Waals surface area contributed by atoms with Crippen LogP contribution in [-0.2, 0) is 0 Å². The van der Waals surface area contributed by atoms with Crippen molar-refractivity contribution in [1.82, 2.24) is 14.7 Å². The molecule has 6 heteroatoms. The molecule has 1 aliphatic heterocycles. The third-order valence-electron chi connectivity index (χ3n) is 5.18. The van der Waals surface area contributed by atoms with Crippen LogP contribution in [0.3, 0.4) is 0 Å². The lowest BCUT2D eigenvalue weighted by atomic mass is 9.79. The lowest BCUT2D eigenvalue weighted by Crippen LogP contribution is -2.54. The number of hydrogen-bond donors (Lipinski definition) is 1. The summed E-state index contributed by atoms with van der Waals surface area (Å²) in [4.78, 5) is 15.0. The summed E-state index contributed by atoms with van der Waals surface area (Å²) in [5.41, 5.74) is 8.88. The zero-order valence-electron chi connectivity index (χ0n) is 15.2. The molecule has 134 valence electrons. The Balaban J connectivity index is 1.93. The Kier molecular flexibility index (Phi) is 4.41. The topological polar surface area (TPSA) is 64.2 Å². The molecule has 2 aromatic rings. The number of rotatable bonds is 2. The van der Waals surface area contributed by atoms with Crippen molar-refractivity contribution in [2.45, 2.75) is 40.2 Å². The van der Waals surface area contributed by atoms with Crippen LogP contribution in [0.2, 0.25) is 0 Å². The standard InChI is InChI=1S/C19H25FN4O/c1-12-17(18(25)23-10-9-16(21)19(3,4)11-23)13(2)24(22-12)15-7-5-14(20)6-8-15/h5-8,16H,9-11,21H2,1-4H3. The second kappa shape index (κ2) is 6.26. The van der Waals surface area contributed by atoms with Crippen molar-refractivity contribution in [3.63, 3.8) is 0 Å². The SMILES string of the molecule is Cc1nn(-c2ccc(F)cc2)c(C)c1C(=O)N1CCC(N)C(C)(C)C1. The van der Waals surface area contributed by atoms with E-state index in [4.69, 9.17) is 5.73 Å². The first-order valence-electron chi connectivity index (χ1n) is 8.58. The highest BCUT2D eigenvalue weighted by atomic mass is 19.1. The van der Waals surface area contributed by atoms with Gasteiger partial charge in [-0.15, -0.1) is 0 Å². The molecule has 0 bridgehead atoms. The zero-order valence-corrected chi connectivity index (χ0v) is 15.2. The smallest absolute Gasteiger partial charge is 0.257 e. The summed E-state index contributed by atoms with van der Waals surface area (Å²) in [5.74, 6) is -0.309. The lowest BCUT2D eigenvalue weighted by Gasteiger charge is -2.42. The number of hydrogen-bond acceptors (Lipinski definition) is 3. The molecule has 0 radical (unpaired) electrons. The van der Waals surface area contributed by atoms with Gasteiger partial charge >= 0.3 is 0 Å². The fourth-order valence-corrected chi connectivity index (χ4v) is 3.49. The molecular formula is C19H25FN4O. The number of nitrogens with zero attached hydrogens (tertiary/aromatic N) is 3. The van der Waals surface area contributed by atoms with Gasteiger partial charge < -0.3 is 10.6 Å². The number of nitrogens with two attached hydrogens (primary N) is 1. The van der Waals surface area contributed by atoms with Gasteiger partial charge in [-0.05, 0) is 49.9 Å².